The second kappa shape index (κ2) is 12.1. The normalized spacial score (nSPS) is 12.6. The van der Waals surface area contributed by atoms with Crippen LogP contribution in [0.25, 0.3) is 0 Å². The molecule has 0 atom stereocenters. The van der Waals surface area contributed by atoms with Crippen molar-refractivity contribution in [3.05, 3.63) is 113 Å². The van der Waals surface area contributed by atoms with Gasteiger partial charge < -0.3 is 14.8 Å². The summed E-state index contributed by atoms with van der Waals surface area (Å²) in [5.41, 5.74) is -3.26. The highest BCUT2D eigenvalue weighted by molar-refractivity contribution is 5.95. The molecule has 1 N–H and O–H groups in total. The summed E-state index contributed by atoms with van der Waals surface area (Å²) in [4.78, 5) is 13.2. The fourth-order valence-electron chi connectivity index (χ4n) is 4.83. The lowest BCUT2D eigenvalue weighted by Crippen LogP contribution is -2.44. The summed E-state index contributed by atoms with van der Waals surface area (Å²) in [5.74, 6) is -2.57. The summed E-state index contributed by atoms with van der Waals surface area (Å²) in [6.07, 6.45) is -14.6. The molecule has 1 amide bonds. The number of ether oxygens (including phenoxy) is 2. The molecular weight excluding hydrogens is 609 g/mol. The van der Waals surface area contributed by atoms with Crippen LogP contribution < -0.4 is 14.8 Å². The Balaban J connectivity index is 1.90. The number of amides is 1. The summed E-state index contributed by atoms with van der Waals surface area (Å²) in [6.45, 7) is -0.585. The van der Waals surface area contributed by atoms with E-state index in [1.165, 1.54) is 24.3 Å². The number of alkyl halides is 9. The Kier molecular flexibility index (Phi) is 8.88. The first kappa shape index (κ1) is 32.2. The van der Waals surface area contributed by atoms with Gasteiger partial charge in [-0.05, 0) is 47.4 Å². The molecule has 0 saturated carbocycles. The van der Waals surface area contributed by atoms with Crippen LogP contribution in [0.4, 0.5) is 39.5 Å². The number of rotatable bonds is 9. The molecular formula is C29H22F9N3O3. The summed E-state index contributed by atoms with van der Waals surface area (Å²) < 4.78 is 128. The fraction of sp³-hybridized carbons (Fsp3) is 0.241. The van der Waals surface area contributed by atoms with Gasteiger partial charge in [-0.15, -0.1) is 26.3 Å². The number of benzene rings is 3. The van der Waals surface area contributed by atoms with Crippen molar-refractivity contribution in [3.8, 4) is 11.5 Å². The van der Waals surface area contributed by atoms with Gasteiger partial charge >= 0.3 is 18.9 Å². The smallest absolute Gasteiger partial charge is 0.406 e. The van der Waals surface area contributed by atoms with Crippen LogP contribution in [0.2, 0.25) is 0 Å². The number of carbonyl (C=O) groups excluding carboxylic acids is 1. The zero-order valence-corrected chi connectivity index (χ0v) is 22.5. The molecule has 0 aliphatic rings. The third-order valence-corrected chi connectivity index (χ3v) is 6.59. The maximum Gasteiger partial charge on any atom is 0.573 e. The molecule has 0 unspecified atom stereocenters. The molecule has 44 heavy (non-hydrogen) atoms. The number of aryl methyl sites for hydroxylation is 1. The molecule has 4 rings (SSSR count). The van der Waals surface area contributed by atoms with Crippen molar-refractivity contribution >= 4 is 5.91 Å². The topological polar surface area (TPSA) is 65.4 Å². The lowest BCUT2D eigenvalue weighted by molar-refractivity contribution is -0.275. The van der Waals surface area contributed by atoms with E-state index in [1.807, 2.05) is 0 Å². The lowest BCUT2D eigenvalue weighted by atomic mass is 9.70. The zero-order chi connectivity index (χ0) is 32.3. The Hall–Kier alpha value is -4.69. The second-order valence-corrected chi connectivity index (χ2v) is 9.61. The first-order valence-corrected chi connectivity index (χ1v) is 12.6. The zero-order valence-electron chi connectivity index (χ0n) is 22.5. The molecule has 15 heteroatoms. The predicted molar refractivity (Wildman–Crippen MR) is 138 cm³/mol. The highest BCUT2D eigenvalue weighted by Gasteiger charge is 2.41. The summed E-state index contributed by atoms with van der Waals surface area (Å²) >= 11 is 0. The second-order valence-electron chi connectivity index (χ2n) is 9.61. The Morgan fingerprint density at radius 1 is 0.773 bits per heavy atom. The van der Waals surface area contributed by atoms with E-state index in [1.54, 1.807) is 30.3 Å². The Morgan fingerprint density at radius 3 is 1.77 bits per heavy atom. The first-order valence-electron chi connectivity index (χ1n) is 12.6. The van der Waals surface area contributed by atoms with Gasteiger partial charge in [0, 0.05) is 19.0 Å². The molecule has 1 heterocycles. The van der Waals surface area contributed by atoms with Crippen LogP contribution in [-0.2, 0) is 25.1 Å². The fourth-order valence-corrected chi connectivity index (χ4v) is 4.83. The quantitative estimate of drug-likeness (QED) is 0.199. The van der Waals surface area contributed by atoms with E-state index in [2.05, 4.69) is 19.9 Å². The van der Waals surface area contributed by atoms with Crippen LogP contribution in [0.3, 0.4) is 0 Å². The molecule has 0 saturated heterocycles. The number of hydrogen-bond acceptors (Lipinski definition) is 4. The van der Waals surface area contributed by atoms with Gasteiger partial charge in [0.05, 0.1) is 11.8 Å². The molecule has 0 radical (unpaired) electrons. The van der Waals surface area contributed by atoms with Gasteiger partial charge in [0.2, 0.25) is 0 Å². The highest BCUT2D eigenvalue weighted by atomic mass is 19.4. The molecule has 1 aromatic heterocycles. The third-order valence-electron chi connectivity index (χ3n) is 6.59. The van der Waals surface area contributed by atoms with E-state index in [-0.39, 0.29) is 17.5 Å². The summed E-state index contributed by atoms with van der Waals surface area (Å²) in [6, 6.07) is 17.3. The van der Waals surface area contributed by atoms with Gasteiger partial charge in [0.25, 0.3) is 5.91 Å². The number of nitrogens with zero attached hydrogens (tertiary/aromatic N) is 2. The average molecular weight is 631 g/mol. The van der Waals surface area contributed by atoms with Crippen molar-refractivity contribution in [2.24, 2.45) is 7.05 Å². The maximum absolute atomic E-state index is 13.7. The minimum atomic E-state index is -5.09. The van der Waals surface area contributed by atoms with E-state index in [9.17, 15) is 44.3 Å². The summed E-state index contributed by atoms with van der Waals surface area (Å²) in [7, 11) is 0.984. The van der Waals surface area contributed by atoms with Crippen molar-refractivity contribution in [2.45, 2.75) is 30.7 Å². The minimum Gasteiger partial charge on any atom is -0.406 e. The van der Waals surface area contributed by atoms with Crippen molar-refractivity contribution < 1.29 is 53.8 Å². The molecule has 0 bridgehead atoms. The Morgan fingerprint density at radius 2 is 1.30 bits per heavy atom. The molecule has 0 spiro atoms. The van der Waals surface area contributed by atoms with Gasteiger partial charge in [-0.2, -0.15) is 18.3 Å². The van der Waals surface area contributed by atoms with E-state index in [0.717, 1.165) is 31.3 Å². The summed E-state index contributed by atoms with van der Waals surface area (Å²) in [5, 5.41) is 5.91. The predicted octanol–water partition coefficient (Wildman–Crippen LogP) is 7.19. The molecule has 0 aliphatic heterocycles. The van der Waals surface area contributed by atoms with Crippen molar-refractivity contribution in [1.29, 1.82) is 0 Å². The minimum absolute atomic E-state index is 0.0368. The Bertz CT molecular complexity index is 1540. The largest absolute Gasteiger partial charge is 0.573 e. The number of halogens is 9. The third kappa shape index (κ3) is 7.82. The number of nitrogens with one attached hydrogen (secondary N) is 1. The number of carbonyl (C=O) groups is 1. The molecule has 0 aliphatic carbocycles. The number of aromatic nitrogens is 2. The van der Waals surface area contributed by atoms with Crippen molar-refractivity contribution in [3.63, 3.8) is 0 Å². The van der Waals surface area contributed by atoms with Gasteiger partial charge in [-0.1, -0.05) is 54.6 Å². The Labute approximate surface area is 244 Å². The van der Waals surface area contributed by atoms with Crippen LogP contribution in [0.5, 0.6) is 11.5 Å². The van der Waals surface area contributed by atoms with E-state index in [4.69, 9.17) is 0 Å². The van der Waals surface area contributed by atoms with Crippen LogP contribution in [0.15, 0.2) is 85.1 Å². The SMILES string of the molecule is Cn1ncc(C(=O)NCC(Cc2ccccc2)(c2cccc(OC(F)(F)F)c2)c2cccc(OC(F)(F)F)c2)c1C(F)(F)F. The van der Waals surface area contributed by atoms with Gasteiger partial charge in [-0.25, -0.2) is 0 Å². The monoisotopic (exact) mass is 631 g/mol. The van der Waals surface area contributed by atoms with E-state index >= 15 is 0 Å². The molecule has 0 fully saturated rings. The highest BCUT2D eigenvalue weighted by Crippen LogP contribution is 2.40. The molecule has 4 aromatic rings. The van der Waals surface area contributed by atoms with Crippen LogP contribution in [0.1, 0.15) is 32.7 Å². The van der Waals surface area contributed by atoms with Crippen LogP contribution in [0, 0.1) is 0 Å². The van der Waals surface area contributed by atoms with Crippen molar-refractivity contribution in [2.75, 3.05) is 6.54 Å². The first-order chi connectivity index (χ1) is 20.5. The van der Waals surface area contributed by atoms with Crippen LogP contribution in [-0.4, -0.2) is 35.0 Å². The molecule has 6 nitrogen and oxygen atoms in total. The van der Waals surface area contributed by atoms with Crippen molar-refractivity contribution in [1.82, 2.24) is 15.1 Å². The average Bonchev–Trinajstić information content (AvgIpc) is 3.32. The van der Waals surface area contributed by atoms with Gasteiger partial charge in [-0.3, -0.25) is 9.48 Å². The molecule has 234 valence electrons. The van der Waals surface area contributed by atoms with Gasteiger partial charge in [0.1, 0.15) is 11.5 Å². The standard InChI is InChI=1S/C29H22F9N3O3/c1-41-24(27(30,31)32)23(16-40-41)25(42)39-17-26(15-18-7-3-2-4-8-18,19-9-5-11-21(13-19)43-28(33,34)35)20-10-6-12-22(14-20)44-29(36,37)38/h2-14,16H,15,17H2,1H3,(H,39,42). The molecule has 3 aromatic carbocycles. The maximum atomic E-state index is 13.7. The van der Waals surface area contributed by atoms with E-state index < -0.39 is 59.5 Å². The number of hydrogen-bond donors (Lipinski definition) is 1. The van der Waals surface area contributed by atoms with Gasteiger partial charge in [0.15, 0.2) is 5.69 Å². The van der Waals surface area contributed by atoms with E-state index in [0.29, 0.717) is 16.4 Å². The lowest BCUT2D eigenvalue weighted by Gasteiger charge is -2.36. The van der Waals surface area contributed by atoms with Crippen LogP contribution >= 0.6 is 0 Å².